The van der Waals surface area contributed by atoms with Crippen molar-refractivity contribution in [1.29, 1.82) is 0 Å². The number of halogens is 4. The zero-order chi connectivity index (χ0) is 13.1. The summed E-state index contributed by atoms with van der Waals surface area (Å²) in [4.78, 5) is 0. The lowest BCUT2D eigenvalue weighted by Crippen LogP contribution is -2.01. The molecule has 2 rings (SSSR count). The van der Waals surface area contributed by atoms with E-state index in [0.29, 0.717) is 27.8 Å². The van der Waals surface area contributed by atoms with Gasteiger partial charge in [-0.05, 0) is 35.9 Å². The summed E-state index contributed by atoms with van der Waals surface area (Å²) in [5.74, 6) is -0.778. The number of anilines is 1. The predicted molar refractivity (Wildman–Crippen MR) is 70.1 cm³/mol. The molecule has 5 heteroatoms. The molecule has 0 aliphatic carbocycles. The third-order valence-corrected chi connectivity index (χ3v) is 3.09. The Labute approximate surface area is 113 Å². The third kappa shape index (κ3) is 3.12. The summed E-state index contributed by atoms with van der Waals surface area (Å²) in [6.45, 7) is 0.336. The molecular weight excluding hydrogens is 279 g/mol. The van der Waals surface area contributed by atoms with Gasteiger partial charge in [-0.15, -0.1) is 0 Å². The van der Waals surface area contributed by atoms with Crippen LogP contribution in [0.4, 0.5) is 14.5 Å². The number of benzene rings is 2. The van der Waals surface area contributed by atoms with Crippen molar-refractivity contribution in [3.8, 4) is 0 Å². The fraction of sp³-hybridized carbons (Fsp3) is 0.0769. The lowest BCUT2D eigenvalue weighted by Gasteiger charge is -2.09. The first-order valence-corrected chi connectivity index (χ1v) is 5.95. The van der Waals surface area contributed by atoms with Crippen LogP contribution in [0.15, 0.2) is 36.4 Å². The van der Waals surface area contributed by atoms with E-state index in [1.165, 1.54) is 30.3 Å². The highest BCUT2D eigenvalue weighted by Gasteiger charge is 2.05. The number of hydrogen-bond acceptors (Lipinski definition) is 1. The molecule has 0 spiro atoms. The molecule has 0 fully saturated rings. The summed E-state index contributed by atoms with van der Waals surface area (Å²) in [7, 11) is 0. The van der Waals surface area contributed by atoms with Gasteiger partial charge in [-0.2, -0.15) is 0 Å². The van der Waals surface area contributed by atoms with Gasteiger partial charge in [0.2, 0.25) is 0 Å². The molecule has 0 saturated heterocycles. The SMILES string of the molecule is Fc1ccc(CNc2cc(F)ccc2Cl)c(Cl)c1. The molecule has 18 heavy (non-hydrogen) atoms. The molecule has 2 aromatic rings. The van der Waals surface area contributed by atoms with Crippen LogP contribution in [-0.4, -0.2) is 0 Å². The van der Waals surface area contributed by atoms with E-state index in [2.05, 4.69) is 5.32 Å². The minimum atomic E-state index is -0.396. The molecule has 0 radical (unpaired) electrons. The van der Waals surface area contributed by atoms with Crippen LogP contribution < -0.4 is 5.32 Å². The van der Waals surface area contributed by atoms with E-state index in [1.807, 2.05) is 0 Å². The quantitative estimate of drug-likeness (QED) is 0.848. The first-order chi connectivity index (χ1) is 8.56. The average molecular weight is 288 g/mol. The van der Waals surface area contributed by atoms with E-state index < -0.39 is 5.82 Å². The van der Waals surface area contributed by atoms with Crippen LogP contribution in [0.1, 0.15) is 5.56 Å². The smallest absolute Gasteiger partial charge is 0.125 e. The summed E-state index contributed by atoms with van der Waals surface area (Å²) >= 11 is 11.8. The van der Waals surface area contributed by atoms with Gasteiger partial charge in [0, 0.05) is 11.6 Å². The Hall–Kier alpha value is -1.32. The predicted octanol–water partition coefficient (Wildman–Crippen LogP) is 4.88. The Morgan fingerprint density at radius 3 is 2.28 bits per heavy atom. The molecule has 1 nitrogen and oxygen atoms in total. The molecule has 0 aliphatic rings. The second-order valence-corrected chi connectivity index (χ2v) is 4.53. The standard InChI is InChI=1S/C13H9Cl2F2N/c14-11-4-3-10(17)6-13(11)18-7-8-1-2-9(16)5-12(8)15/h1-6,18H,7H2. The highest BCUT2D eigenvalue weighted by Crippen LogP contribution is 2.24. The minimum Gasteiger partial charge on any atom is -0.380 e. The fourth-order valence-electron chi connectivity index (χ4n) is 1.49. The fourth-order valence-corrected chi connectivity index (χ4v) is 1.91. The Bertz CT molecular complexity index is 573. The van der Waals surface area contributed by atoms with Gasteiger partial charge in [0.25, 0.3) is 0 Å². The molecule has 1 N–H and O–H groups in total. The molecule has 2 aromatic carbocycles. The van der Waals surface area contributed by atoms with Crippen molar-refractivity contribution in [2.24, 2.45) is 0 Å². The van der Waals surface area contributed by atoms with E-state index in [-0.39, 0.29) is 5.82 Å². The lowest BCUT2D eigenvalue weighted by molar-refractivity contribution is 0.627. The van der Waals surface area contributed by atoms with Crippen LogP contribution in [-0.2, 0) is 6.54 Å². The summed E-state index contributed by atoms with van der Waals surface area (Å²) in [5.41, 5.74) is 1.18. The van der Waals surface area contributed by atoms with Crippen molar-refractivity contribution >= 4 is 28.9 Å². The summed E-state index contributed by atoms with van der Waals surface area (Å²) in [6, 6.07) is 8.14. The van der Waals surface area contributed by atoms with Crippen molar-refractivity contribution in [2.75, 3.05) is 5.32 Å². The monoisotopic (exact) mass is 287 g/mol. The summed E-state index contributed by atoms with van der Waals surface area (Å²) < 4.78 is 25.9. The summed E-state index contributed by atoms with van der Waals surface area (Å²) in [5, 5.41) is 3.68. The van der Waals surface area contributed by atoms with Crippen molar-refractivity contribution in [2.45, 2.75) is 6.54 Å². The normalized spacial score (nSPS) is 10.4. The summed E-state index contributed by atoms with van der Waals surface area (Å²) in [6.07, 6.45) is 0. The average Bonchev–Trinajstić information content (AvgIpc) is 2.32. The molecule has 0 heterocycles. The van der Waals surface area contributed by atoms with Crippen LogP contribution in [0.25, 0.3) is 0 Å². The van der Waals surface area contributed by atoms with Gasteiger partial charge in [0.1, 0.15) is 11.6 Å². The largest absolute Gasteiger partial charge is 0.380 e. The van der Waals surface area contributed by atoms with Gasteiger partial charge in [-0.3, -0.25) is 0 Å². The van der Waals surface area contributed by atoms with Gasteiger partial charge in [-0.1, -0.05) is 29.3 Å². The van der Waals surface area contributed by atoms with Gasteiger partial charge < -0.3 is 5.32 Å². The Kier molecular flexibility index (Phi) is 4.04. The zero-order valence-electron chi connectivity index (χ0n) is 9.18. The molecule has 0 aromatic heterocycles. The zero-order valence-corrected chi connectivity index (χ0v) is 10.7. The Morgan fingerprint density at radius 1 is 0.889 bits per heavy atom. The van der Waals surface area contributed by atoms with E-state index >= 15 is 0 Å². The van der Waals surface area contributed by atoms with E-state index in [4.69, 9.17) is 23.2 Å². The Balaban J connectivity index is 2.13. The maximum absolute atomic E-state index is 13.0. The molecule has 0 unspecified atom stereocenters. The third-order valence-electron chi connectivity index (χ3n) is 2.41. The molecule has 94 valence electrons. The lowest BCUT2D eigenvalue weighted by atomic mass is 10.2. The number of hydrogen-bond donors (Lipinski definition) is 1. The maximum atomic E-state index is 13.0. The highest BCUT2D eigenvalue weighted by molar-refractivity contribution is 6.33. The van der Waals surface area contributed by atoms with Gasteiger partial charge >= 0.3 is 0 Å². The van der Waals surface area contributed by atoms with Crippen LogP contribution in [0, 0.1) is 11.6 Å². The molecule has 0 amide bonds. The van der Waals surface area contributed by atoms with E-state index in [1.54, 1.807) is 6.07 Å². The topological polar surface area (TPSA) is 12.0 Å². The van der Waals surface area contributed by atoms with Crippen molar-refractivity contribution in [3.63, 3.8) is 0 Å². The van der Waals surface area contributed by atoms with Crippen molar-refractivity contribution in [1.82, 2.24) is 0 Å². The first-order valence-electron chi connectivity index (χ1n) is 5.19. The first kappa shape index (κ1) is 13.1. The Morgan fingerprint density at radius 2 is 1.56 bits per heavy atom. The number of nitrogens with one attached hydrogen (secondary N) is 1. The van der Waals surface area contributed by atoms with Gasteiger partial charge in [-0.25, -0.2) is 8.78 Å². The highest BCUT2D eigenvalue weighted by atomic mass is 35.5. The number of rotatable bonds is 3. The minimum absolute atomic E-state index is 0.315. The van der Waals surface area contributed by atoms with Crippen LogP contribution in [0.2, 0.25) is 10.0 Å². The van der Waals surface area contributed by atoms with Gasteiger partial charge in [0.05, 0.1) is 10.7 Å². The molecule has 0 saturated carbocycles. The maximum Gasteiger partial charge on any atom is 0.125 e. The van der Waals surface area contributed by atoms with Gasteiger partial charge in [0.15, 0.2) is 0 Å². The second kappa shape index (κ2) is 5.55. The molecule has 0 atom stereocenters. The van der Waals surface area contributed by atoms with Crippen molar-refractivity contribution in [3.05, 3.63) is 63.6 Å². The molecular formula is C13H9Cl2F2N. The van der Waals surface area contributed by atoms with E-state index in [9.17, 15) is 8.78 Å². The molecule has 0 bridgehead atoms. The van der Waals surface area contributed by atoms with Crippen molar-refractivity contribution < 1.29 is 8.78 Å². The second-order valence-electron chi connectivity index (χ2n) is 3.71. The van der Waals surface area contributed by atoms with Crippen LogP contribution >= 0.6 is 23.2 Å². The van der Waals surface area contributed by atoms with E-state index in [0.717, 1.165) is 0 Å². The van der Waals surface area contributed by atoms with Crippen LogP contribution in [0.5, 0.6) is 0 Å². The molecule has 0 aliphatic heterocycles. The van der Waals surface area contributed by atoms with Crippen LogP contribution in [0.3, 0.4) is 0 Å².